The van der Waals surface area contributed by atoms with Crippen LogP contribution in [0.25, 0.3) is 0 Å². The number of anilines is 1. The van der Waals surface area contributed by atoms with E-state index in [0.29, 0.717) is 30.2 Å². The number of carbonyl (C=O) groups is 1. The number of urea groups is 1. The fourth-order valence-corrected chi connectivity index (χ4v) is 2.02. The van der Waals surface area contributed by atoms with Crippen LogP contribution in [0, 0.1) is 6.92 Å². The van der Waals surface area contributed by atoms with Crippen molar-refractivity contribution in [3.63, 3.8) is 0 Å². The van der Waals surface area contributed by atoms with Gasteiger partial charge in [-0.2, -0.15) is 0 Å². The molecule has 112 valence electrons. The van der Waals surface area contributed by atoms with E-state index >= 15 is 0 Å². The van der Waals surface area contributed by atoms with Crippen molar-refractivity contribution in [1.29, 1.82) is 0 Å². The first-order chi connectivity index (χ1) is 9.58. The highest BCUT2D eigenvalue weighted by molar-refractivity contribution is 6.33. The summed E-state index contributed by atoms with van der Waals surface area (Å²) in [5, 5.41) is 12.3. The molecular formula is C15H23ClN2O2. The summed E-state index contributed by atoms with van der Waals surface area (Å²) in [6, 6.07) is 5.36. The molecule has 0 atom stereocenters. The second kappa shape index (κ2) is 8.82. The molecule has 1 rings (SSSR count). The third-order valence-electron chi connectivity index (χ3n) is 3.02. The fraction of sp³-hybridized carbons (Fsp3) is 0.533. The molecule has 0 saturated carbocycles. The molecule has 0 unspecified atom stereocenters. The molecule has 5 heteroatoms. The summed E-state index contributed by atoms with van der Waals surface area (Å²) in [6.45, 7) is 5.35. The number of benzene rings is 1. The largest absolute Gasteiger partial charge is 0.396 e. The summed E-state index contributed by atoms with van der Waals surface area (Å²) in [7, 11) is 0. The molecule has 2 amide bonds. The smallest absolute Gasteiger partial charge is 0.321 e. The number of aliphatic hydroxyl groups is 1. The highest BCUT2D eigenvalue weighted by Gasteiger charge is 2.14. The van der Waals surface area contributed by atoms with Crippen molar-refractivity contribution in [2.24, 2.45) is 0 Å². The van der Waals surface area contributed by atoms with Crippen molar-refractivity contribution in [2.75, 3.05) is 25.0 Å². The minimum atomic E-state index is -0.167. The first-order valence-corrected chi connectivity index (χ1v) is 7.39. The second-order valence-electron chi connectivity index (χ2n) is 4.83. The lowest BCUT2D eigenvalue weighted by Crippen LogP contribution is -2.36. The third kappa shape index (κ3) is 5.39. The van der Waals surface area contributed by atoms with Gasteiger partial charge in [-0.05, 0) is 37.5 Å². The van der Waals surface area contributed by atoms with Gasteiger partial charge in [-0.1, -0.05) is 31.0 Å². The highest BCUT2D eigenvalue weighted by Crippen LogP contribution is 2.23. The number of hydrogen-bond donors (Lipinski definition) is 2. The van der Waals surface area contributed by atoms with Gasteiger partial charge in [0.05, 0.1) is 10.7 Å². The molecule has 0 spiro atoms. The lowest BCUT2D eigenvalue weighted by atomic mass is 10.2. The molecular weight excluding hydrogens is 276 g/mol. The average molecular weight is 299 g/mol. The maximum atomic E-state index is 12.3. The zero-order valence-corrected chi connectivity index (χ0v) is 12.9. The number of nitrogens with zero attached hydrogens (tertiary/aromatic N) is 1. The summed E-state index contributed by atoms with van der Waals surface area (Å²) < 4.78 is 0. The van der Waals surface area contributed by atoms with Crippen LogP contribution in [-0.4, -0.2) is 35.7 Å². The Hall–Kier alpha value is -1.26. The van der Waals surface area contributed by atoms with Crippen LogP contribution in [0.1, 0.15) is 31.7 Å². The van der Waals surface area contributed by atoms with Crippen LogP contribution in [0.5, 0.6) is 0 Å². The Morgan fingerprint density at radius 2 is 2.05 bits per heavy atom. The molecule has 0 aliphatic carbocycles. The number of aryl methyl sites for hydroxylation is 1. The lowest BCUT2D eigenvalue weighted by molar-refractivity contribution is 0.201. The number of hydrogen-bond acceptors (Lipinski definition) is 2. The summed E-state index contributed by atoms with van der Waals surface area (Å²) >= 11 is 6.08. The van der Waals surface area contributed by atoms with E-state index in [1.54, 1.807) is 11.0 Å². The van der Waals surface area contributed by atoms with Crippen molar-refractivity contribution in [3.05, 3.63) is 28.8 Å². The van der Waals surface area contributed by atoms with Crippen molar-refractivity contribution < 1.29 is 9.90 Å². The number of halogens is 1. The maximum Gasteiger partial charge on any atom is 0.321 e. The number of unbranched alkanes of at least 4 members (excludes halogenated alkanes) is 1. The molecule has 4 nitrogen and oxygen atoms in total. The van der Waals surface area contributed by atoms with E-state index in [2.05, 4.69) is 12.2 Å². The van der Waals surface area contributed by atoms with Gasteiger partial charge in [-0.15, -0.1) is 0 Å². The Labute approximate surface area is 125 Å². The van der Waals surface area contributed by atoms with Gasteiger partial charge in [-0.3, -0.25) is 0 Å². The molecule has 0 aliphatic rings. The first kappa shape index (κ1) is 16.8. The molecule has 0 heterocycles. The van der Waals surface area contributed by atoms with Gasteiger partial charge in [0, 0.05) is 19.7 Å². The van der Waals surface area contributed by atoms with E-state index in [0.717, 1.165) is 18.4 Å². The third-order valence-corrected chi connectivity index (χ3v) is 3.35. The Bertz CT molecular complexity index is 430. The topological polar surface area (TPSA) is 52.6 Å². The van der Waals surface area contributed by atoms with Crippen LogP contribution in [0.4, 0.5) is 10.5 Å². The van der Waals surface area contributed by atoms with Crippen LogP contribution in [0.3, 0.4) is 0 Å². The number of nitrogens with one attached hydrogen (secondary N) is 1. The molecule has 1 aromatic rings. The maximum absolute atomic E-state index is 12.3. The molecule has 0 aromatic heterocycles. The molecule has 0 bridgehead atoms. The molecule has 0 aliphatic heterocycles. The summed E-state index contributed by atoms with van der Waals surface area (Å²) in [4.78, 5) is 14.0. The number of aliphatic hydroxyl groups excluding tert-OH is 1. The molecule has 20 heavy (non-hydrogen) atoms. The minimum absolute atomic E-state index is 0.0844. The summed E-state index contributed by atoms with van der Waals surface area (Å²) in [6.07, 6.45) is 2.55. The van der Waals surface area contributed by atoms with Gasteiger partial charge < -0.3 is 15.3 Å². The number of carbonyl (C=O) groups excluding carboxylic acids is 1. The van der Waals surface area contributed by atoms with E-state index in [-0.39, 0.29) is 12.6 Å². The van der Waals surface area contributed by atoms with Crippen LogP contribution < -0.4 is 5.32 Å². The Balaban J connectivity index is 2.70. The molecule has 0 fully saturated rings. The molecule has 1 aromatic carbocycles. The van der Waals surface area contributed by atoms with Crippen LogP contribution in [-0.2, 0) is 0 Å². The van der Waals surface area contributed by atoms with Gasteiger partial charge in [-0.25, -0.2) is 4.79 Å². The van der Waals surface area contributed by atoms with Gasteiger partial charge in [0.15, 0.2) is 0 Å². The first-order valence-electron chi connectivity index (χ1n) is 7.01. The molecule has 0 saturated heterocycles. The van der Waals surface area contributed by atoms with E-state index in [4.69, 9.17) is 16.7 Å². The summed E-state index contributed by atoms with van der Waals surface area (Å²) in [5.41, 5.74) is 1.67. The average Bonchev–Trinajstić information content (AvgIpc) is 2.43. The quantitative estimate of drug-likeness (QED) is 0.807. The predicted molar refractivity (Wildman–Crippen MR) is 83.4 cm³/mol. The van der Waals surface area contributed by atoms with E-state index in [1.807, 2.05) is 19.1 Å². The van der Waals surface area contributed by atoms with Gasteiger partial charge in [0.2, 0.25) is 0 Å². The number of rotatable bonds is 7. The van der Waals surface area contributed by atoms with Crippen molar-refractivity contribution >= 4 is 23.3 Å². The normalized spacial score (nSPS) is 10.4. The van der Waals surface area contributed by atoms with Crippen LogP contribution >= 0.6 is 11.6 Å². The van der Waals surface area contributed by atoms with Gasteiger partial charge in [0.25, 0.3) is 0 Å². The Morgan fingerprint density at radius 3 is 2.70 bits per heavy atom. The van der Waals surface area contributed by atoms with Crippen LogP contribution in [0.2, 0.25) is 5.02 Å². The summed E-state index contributed by atoms with van der Waals surface area (Å²) in [5.74, 6) is 0. The van der Waals surface area contributed by atoms with E-state index in [1.165, 1.54) is 0 Å². The van der Waals surface area contributed by atoms with Crippen molar-refractivity contribution in [3.8, 4) is 0 Å². The number of amides is 2. The van der Waals surface area contributed by atoms with Crippen molar-refractivity contribution in [2.45, 2.75) is 33.1 Å². The second-order valence-corrected chi connectivity index (χ2v) is 5.24. The Kier molecular flexibility index (Phi) is 7.41. The van der Waals surface area contributed by atoms with Gasteiger partial charge in [0.1, 0.15) is 0 Å². The standard InChI is InChI=1S/C15H23ClN2O2/c1-3-4-8-18(9-5-10-19)15(20)17-14-11-12(2)6-7-13(14)16/h6-7,11,19H,3-5,8-10H2,1-2H3,(H,17,20). The van der Waals surface area contributed by atoms with Crippen molar-refractivity contribution in [1.82, 2.24) is 4.90 Å². The zero-order chi connectivity index (χ0) is 15.0. The predicted octanol–water partition coefficient (Wildman–Crippen LogP) is 3.66. The lowest BCUT2D eigenvalue weighted by Gasteiger charge is -2.23. The monoisotopic (exact) mass is 298 g/mol. The fourth-order valence-electron chi connectivity index (χ4n) is 1.85. The van der Waals surface area contributed by atoms with Gasteiger partial charge >= 0.3 is 6.03 Å². The molecule has 0 radical (unpaired) electrons. The zero-order valence-electron chi connectivity index (χ0n) is 12.2. The SMILES string of the molecule is CCCCN(CCCO)C(=O)Nc1cc(C)ccc1Cl. The molecule has 2 N–H and O–H groups in total. The minimum Gasteiger partial charge on any atom is -0.396 e. The highest BCUT2D eigenvalue weighted by atomic mass is 35.5. The van der Waals surface area contributed by atoms with E-state index < -0.39 is 0 Å². The Morgan fingerprint density at radius 1 is 1.35 bits per heavy atom. The van der Waals surface area contributed by atoms with E-state index in [9.17, 15) is 4.79 Å². The van der Waals surface area contributed by atoms with Crippen LogP contribution in [0.15, 0.2) is 18.2 Å².